The Kier molecular flexibility index (Phi) is 3.14. The molecule has 3 fully saturated rings. The second kappa shape index (κ2) is 4.42. The number of fused-ring (bicyclic) bond motifs is 2. The van der Waals surface area contributed by atoms with Crippen LogP contribution in [-0.4, -0.2) is 61.1 Å². The quantitative estimate of drug-likeness (QED) is 0.709. The van der Waals surface area contributed by atoms with Crippen LogP contribution in [0.25, 0.3) is 0 Å². The maximum absolute atomic E-state index is 12.5. The Morgan fingerprint density at radius 3 is 2.67 bits per heavy atom. The molecule has 0 amide bonds. The highest BCUT2D eigenvalue weighted by Gasteiger charge is 2.54. The summed E-state index contributed by atoms with van der Waals surface area (Å²) in [6.07, 6.45) is 1.58. The zero-order valence-electron chi connectivity index (χ0n) is 10.4. The van der Waals surface area contributed by atoms with Crippen molar-refractivity contribution in [3.63, 3.8) is 0 Å². The minimum atomic E-state index is -3.31. The van der Waals surface area contributed by atoms with Crippen LogP contribution < -0.4 is 5.32 Å². The van der Waals surface area contributed by atoms with Crippen LogP contribution >= 0.6 is 0 Å². The van der Waals surface area contributed by atoms with Crippen molar-refractivity contribution in [2.24, 2.45) is 0 Å². The Hall–Kier alpha value is -0.210. The number of aliphatic hydroxyl groups is 1. The Bertz CT molecular complexity index is 423. The van der Waals surface area contributed by atoms with Crippen molar-refractivity contribution in [2.75, 3.05) is 13.7 Å². The summed E-state index contributed by atoms with van der Waals surface area (Å²) in [5.74, 6) is 0. The lowest BCUT2D eigenvalue weighted by atomic mass is 9.98. The van der Waals surface area contributed by atoms with E-state index >= 15 is 0 Å². The average Bonchev–Trinajstić information content (AvgIpc) is 2.59. The SMILES string of the molecule is CN[C@@H]1C[C@H]2CO[C@@H]([C@H]1O)N2S(=O)(=O)C1CCC1. The van der Waals surface area contributed by atoms with Crippen molar-refractivity contribution < 1.29 is 18.3 Å². The molecule has 1 saturated carbocycles. The smallest absolute Gasteiger partial charge is 0.219 e. The monoisotopic (exact) mass is 276 g/mol. The van der Waals surface area contributed by atoms with Crippen molar-refractivity contribution in [3.8, 4) is 0 Å². The highest BCUT2D eigenvalue weighted by atomic mass is 32.2. The molecule has 0 spiro atoms. The number of ether oxygens (including phenoxy) is 1. The lowest BCUT2D eigenvalue weighted by molar-refractivity contribution is -0.0646. The van der Waals surface area contributed by atoms with Gasteiger partial charge in [0.15, 0.2) is 6.23 Å². The van der Waals surface area contributed by atoms with E-state index in [-0.39, 0.29) is 17.3 Å². The van der Waals surface area contributed by atoms with Gasteiger partial charge >= 0.3 is 0 Å². The van der Waals surface area contributed by atoms with Gasteiger partial charge in [-0.3, -0.25) is 0 Å². The molecule has 1 aliphatic carbocycles. The molecule has 0 aromatic heterocycles. The first-order valence-electron chi connectivity index (χ1n) is 6.55. The summed E-state index contributed by atoms with van der Waals surface area (Å²) in [6.45, 7) is 0.395. The predicted octanol–water partition coefficient (Wildman–Crippen LogP) is -0.752. The first-order chi connectivity index (χ1) is 8.55. The molecular formula is C11H20N2O4S. The largest absolute Gasteiger partial charge is 0.387 e. The minimum Gasteiger partial charge on any atom is -0.387 e. The van der Waals surface area contributed by atoms with E-state index in [1.807, 2.05) is 0 Å². The molecule has 2 bridgehead atoms. The van der Waals surface area contributed by atoms with Crippen LogP contribution in [0.4, 0.5) is 0 Å². The molecule has 2 aliphatic heterocycles. The van der Waals surface area contributed by atoms with Gasteiger partial charge in [-0.2, -0.15) is 4.31 Å². The molecule has 3 aliphatic rings. The molecule has 3 rings (SSSR count). The van der Waals surface area contributed by atoms with Gasteiger partial charge in [0, 0.05) is 6.04 Å². The molecular weight excluding hydrogens is 256 g/mol. The summed E-state index contributed by atoms with van der Waals surface area (Å²) in [4.78, 5) is 0. The third-order valence-corrected chi connectivity index (χ3v) is 6.85. The molecule has 2 saturated heterocycles. The van der Waals surface area contributed by atoms with Crippen molar-refractivity contribution >= 4 is 10.0 Å². The summed E-state index contributed by atoms with van der Waals surface area (Å²) in [5.41, 5.74) is 0. The highest BCUT2D eigenvalue weighted by Crippen LogP contribution is 2.38. The van der Waals surface area contributed by atoms with E-state index in [1.54, 1.807) is 7.05 Å². The van der Waals surface area contributed by atoms with Crippen LogP contribution in [0.2, 0.25) is 0 Å². The molecule has 4 atom stereocenters. The van der Waals surface area contributed by atoms with Gasteiger partial charge in [0.2, 0.25) is 10.0 Å². The molecule has 0 unspecified atom stereocenters. The van der Waals surface area contributed by atoms with E-state index in [1.165, 1.54) is 4.31 Å². The van der Waals surface area contributed by atoms with Gasteiger partial charge < -0.3 is 15.2 Å². The fraction of sp³-hybridized carbons (Fsp3) is 1.00. The van der Waals surface area contributed by atoms with Gasteiger partial charge in [-0.05, 0) is 26.3 Å². The zero-order chi connectivity index (χ0) is 12.9. The second-order valence-electron chi connectivity index (χ2n) is 5.43. The standard InChI is InChI=1S/C11H20N2O4S/c1-12-9-5-7-6-17-11(10(9)14)13(7)18(15,16)8-3-2-4-8/h7-12,14H,2-6H2,1H3/t7-,9+,10-,11-/m0/s1. The number of likely N-dealkylation sites (N-methyl/N-ethyl adjacent to an activating group) is 1. The van der Waals surface area contributed by atoms with Gasteiger partial charge in [-0.15, -0.1) is 0 Å². The molecule has 6 nitrogen and oxygen atoms in total. The number of piperidine rings is 1. The highest BCUT2D eigenvalue weighted by molar-refractivity contribution is 7.89. The van der Waals surface area contributed by atoms with E-state index < -0.39 is 22.4 Å². The molecule has 2 N–H and O–H groups in total. The Labute approximate surface area is 107 Å². The molecule has 7 heteroatoms. The van der Waals surface area contributed by atoms with Crippen molar-refractivity contribution in [2.45, 2.75) is 55.3 Å². The fourth-order valence-corrected chi connectivity index (χ4v) is 5.41. The molecule has 0 aromatic rings. The lowest BCUT2D eigenvalue weighted by Crippen LogP contribution is -2.61. The topological polar surface area (TPSA) is 78.9 Å². The van der Waals surface area contributed by atoms with E-state index in [4.69, 9.17) is 4.74 Å². The van der Waals surface area contributed by atoms with Crippen LogP contribution in [0.1, 0.15) is 25.7 Å². The number of nitrogens with zero attached hydrogens (tertiary/aromatic N) is 1. The zero-order valence-corrected chi connectivity index (χ0v) is 11.3. The van der Waals surface area contributed by atoms with E-state index in [0.717, 1.165) is 19.3 Å². The summed E-state index contributed by atoms with van der Waals surface area (Å²) < 4.78 is 31.9. The van der Waals surface area contributed by atoms with Crippen LogP contribution in [-0.2, 0) is 14.8 Å². The summed E-state index contributed by atoms with van der Waals surface area (Å²) in [5, 5.41) is 12.9. The molecule has 18 heavy (non-hydrogen) atoms. The molecule has 0 radical (unpaired) electrons. The fourth-order valence-electron chi connectivity index (χ4n) is 3.10. The number of aliphatic hydroxyl groups excluding tert-OH is 1. The Morgan fingerprint density at radius 2 is 2.11 bits per heavy atom. The van der Waals surface area contributed by atoms with Crippen molar-refractivity contribution in [3.05, 3.63) is 0 Å². The first-order valence-corrected chi connectivity index (χ1v) is 8.05. The van der Waals surface area contributed by atoms with Crippen LogP contribution in [0.3, 0.4) is 0 Å². The van der Waals surface area contributed by atoms with Crippen LogP contribution in [0, 0.1) is 0 Å². The second-order valence-corrected chi connectivity index (χ2v) is 7.55. The number of hydrogen-bond donors (Lipinski definition) is 2. The van der Waals surface area contributed by atoms with Gasteiger partial charge in [0.25, 0.3) is 0 Å². The molecule has 104 valence electrons. The van der Waals surface area contributed by atoms with E-state index in [0.29, 0.717) is 13.0 Å². The number of nitrogens with one attached hydrogen (secondary N) is 1. The Morgan fingerprint density at radius 1 is 1.39 bits per heavy atom. The van der Waals surface area contributed by atoms with Gasteiger partial charge in [-0.25, -0.2) is 8.42 Å². The van der Waals surface area contributed by atoms with Gasteiger partial charge in [0.05, 0.1) is 17.9 Å². The average molecular weight is 276 g/mol. The molecule has 0 aromatic carbocycles. The first kappa shape index (κ1) is 12.8. The van der Waals surface area contributed by atoms with Crippen molar-refractivity contribution in [1.82, 2.24) is 9.62 Å². The summed E-state index contributed by atoms with van der Waals surface area (Å²) in [6, 6.07) is -0.211. The number of hydrogen-bond acceptors (Lipinski definition) is 5. The Balaban J connectivity index is 1.86. The summed E-state index contributed by atoms with van der Waals surface area (Å²) in [7, 11) is -1.52. The normalized spacial score (nSPS) is 41.9. The number of rotatable bonds is 3. The van der Waals surface area contributed by atoms with Crippen LogP contribution in [0.5, 0.6) is 0 Å². The number of sulfonamides is 1. The maximum Gasteiger partial charge on any atom is 0.219 e. The third-order valence-electron chi connectivity index (χ3n) is 4.44. The minimum absolute atomic E-state index is 0.0876. The predicted molar refractivity (Wildman–Crippen MR) is 65.4 cm³/mol. The maximum atomic E-state index is 12.5. The summed E-state index contributed by atoms with van der Waals surface area (Å²) >= 11 is 0. The van der Waals surface area contributed by atoms with Gasteiger partial charge in [0.1, 0.15) is 6.10 Å². The lowest BCUT2D eigenvalue weighted by Gasteiger charge is -2.42. The van der Waals surface area contributed by atoms with Crippen LogP contribution in [0.15, 0.2) is 0 Å². The molecule has 2 heterocycles. The van der Waals surface area contributed by atoms with E-state index in [2.05, 4.69) is 5.32 Å². The van der Waals surface area contributed by atoms with E-state index in [9.17, 15) is 13.5 Å². The third kappa shape index (κ3) is 1.72. The van der Waals surface area contributed by atoms with Gasteiger partial charge in [-0.1, -0.05) is 6.42 Å². The van der Waals surface area contributed by atoms with Crippen molar-refractivity contribution in [1.29, 1.82) is 0 Å².